The maximum absolute atomic E-state index is 13.6. The first-order valence-corrected chi connectivity index (χ1v) is 8.40. The molecule has 2 aromatic carbocycles. The van der Waals surface area contributed by atoms with Gasteiger partial charge in [0.2, 0.25) is 0 Å². The Labute approximate surface area is 156 Å². The maximum atomic E-state index is 13.6. The molecule has 0 aliphatic carbocycles. The molecule has 0 fully saturated rings. The summed E-state index contributed by atoms with van der Waals surface area (Å²) in [4.78, 5) is 16.4. The van der Waals surface area contributed by atoms with Gasteiger partial charge in [0.1, 0.15) is 5.82 Å². The summed E-state index contributed by atoms with van der Waals surface area (Å²) in [7, 11) is 0. The van der Waals surface area contributed by atoms with Crippen molar-refractivity contribution in [3.05, 3.63) is 88.5 Å². The van der Waals surface area contributed by atoms with Gasteiger partial charge >= 0.3 is 0 Å². The van der Waals surface area contributed by atoms with Gasteiger partial charge in [-0.05, 0) is 36.8 Å². The molecule has 0 radical (unpaired) electrons. The first-order valence-electron chi connectivity index (χ1n) is 8.03. The van der Waals surface area contributed by atoms with Crippen LogP contribution in [0.25, 0.3) is 0 Å². The van der Waals surface area contributed by atoms with Gasteiger partial charge in [-0.1, -0.05) is 35.9 Å². The highest BCUT2D eigenvalue weighted by Gasteiger charge is 2.09. The van der Waals surface area contributed by atoms with E-state index < -0.39 is 0 Å². The van der Waals surface area contributed by atoms with Crippen molar-refractivity contribution >= 4 is 28.9 Å². The van der Waals surface area contributed by atoms with E-state index in [1.807, 2.05) is 25.1 Å². The van der Waals surface area contributed by atoms with Crippen LogP contribution in [0.1, 0.15) is 21.5 Å². The number of carbonyl (C=O) groups excluding carboxylic acids is 1. The first kappa shape index (κ1) is 17.9. The number of rotatable bonds is 5. The number of amides is 1. The van der Waals surface area contributed by atoms with Crippen molar-refractivity contribution in [3.63, 3.8) is 0 Å². The molecule has 1 heterocycles. The number of halogens is 2. The normalized spacial score (nSPS) is 10.4. The predicted molar refractivity (Wildman–Crippen MR) is 101 cm³/mol. The summed E-state index contributed by atoms with van der Waals surface area (Å²) in [5, 5.41) is 6.51. The quantitative estimate of drug-likeness (QED) is 0.675. The molecule has 1 aromatic heterocycles. The van der Waals surface area contributed by atoms with Crippen LogP contribution >= 0.6 is 11.6 Å². The SMILES string of the molecule is Cc1ccc(Nc2cncc(C(=O)NCc3ccccc3F)c2)cc1Cl. The van der Waals surface area contributed by atoms with Gasteiger partial charge in [0.25, 0.3) is 5.91 Å². The van der Waals surface area contributed by atoms with Crippen LogP contribution in [0.5, 0.6) is 0 Å². The van der Waals surface area contributed by atoms with E-state index in [2.05, 4.69) is 15.6 Å². The van der Waals surface area contributed by atoms with E-state index >= 15 is 0 Å². The standard InChI is InChI=1S/C20H17ClFN3O/c1-13-6-7-16(9-18(13)21)25-17-8-15(10-23-12-17)20(26)24-11-14-4-2-3-5-19(14)22/h2-10,12,25H,11H2,1H3,(H,24,26). The second-order valence-electron chi connectivity index (χ2n) is 5.83. The number of nitrogens with one attached hydrogen (secondary N) is 2. The molecule has 0 spiro atoms. The predicted octanol–water partition coefficient (Wildman–Crippen LogP) is 4.86. The van der Waals surface area contributed by atoms with E-state index in [9.17, 15) is 9.18 Å². The monoisotopic (exact) mass is 369 g/mol. The largest absolute Gasteiger partial charge is 0.354 e. The molecule has 6 heteroatoms. The molecule has 0 bridgehead atoms. The van der Waals surface area contributed by atoms with Crippen LogP contribution in [-0.2, 0) is 6.54 Å². The highest BCUT2D eigenvalue weighted by Crippen LogP contribution is 2.23. The van der Waals surface area contributed by atoms with Crippen molar-refractivity contribution in [1.82, 2.24) is 10.3 Å². The van der Waals surface area contributed by atoms with E-state index in [0.29, 0.717) is 21.8 Å². The van der Waals surface area contributed by atoms with E-state index in [-0.39, 0.29) is 18.3 Å². The lowest BCUT2D eigenvalue weighted by Gasteiger charge is -2.10. The summed E-state index contributed by atoms with van der Waals surface area (Å²) in [6.07, 6.45) is 3.07. The highest BCUT2D eigenvalue weighted by atomic mass is 35.5. The molecule has 2 N–H and O–H groups in total. The number of pyridine rings is 1. The van der Waals surface area contributed by atoms with Crippen LogP contribution < -0.4 is 10.6 Å². The lowest BCUT2D eigenvalue weighted by atomic mass is 10.2. The third-order valence-electron chi connectivity index (χ3n) is 3.86. The van der Waals surface area contributed by atoms with Crippen LogP contribution in [0.15, 0.2) is 60.9 Å². The lowest BCUT2D eigenvalue weighted by Crippen LogP contribution is -2.23. The van der Waals surface area contributed by atoms with Crippen molar-refractivity contribution in [3.8, 4) is 0 Å². The van der Waals surface area contributed by atoms with Crippen LogP contribution in [-0.4, -0.2) is 10.9 Å². The summed E-state index contributed by atoms with van der Waals surface area (Å²) in [5.74, 6) is -0.677. The van der Waals surface area contributed by atoms with Crippen LogP contribution in [0.4, 0.5) is 15.8 Å². The number of nitrogens with zero attached hydrogens (tertiary/aromatic N) is 1. The number of benzene rings is 2. The fourth-order valence-corrected chi connectivity index (χ4v) is 2.57. The molecule has 1 amide bonds. The Morgan fingerprint density at radius 2 is 1.92 bits per heavy atom. The van der Waals surface area contributed by atoms with Gasteiger partial charge < -0.3 is 10.6 Å². The van der Waals surface area contributed by atoms with Gasteiger partial charge in [0.05, 0.1) is 17.4 Å². The Balaban J connectivity index is 1.69. The van der Waals surface area contributed by atoms with E-state index in [1.54, 1.807) is 30.5 Å². The maximum Gasteiger partial charge on any atom is 0.253 e. The molecule has 0 unspecified atom stereocenters. The van der Waals surface area contributed by atoms with Gasteiger partial charge in [-0.15, -0.1) is 0 Å². The molecular weight excluding hydrogens is 353 g/mol. The molecule has 132 valence electrons. The molecule has 0 aliphatic heterocycles. The number of hydrogen-bond donors (Lipinski definition) is 2. The Hall–Kier alpha value is -2.92. The fourth-order valence-electron chi connectivity index (χ4n) is 2.39. The first-order chi connectivity index (χ1) is 12.5. The number of aryl methyl sites for hydroxylation is 1. The zero-order valence-corrected chi connectivity index (χ0v) is 14.8. The summed E-state index contributed by atoms with van der Waals surface area (Å²) >= 11 is 6.12. The second-order valence-corrected chi connectivity index (χ2v) is 6.23. The highest BCUT2D eigenvalue weighted by molar-refractivity contribution is 6.31. The molecule has 3 rings (SSSR count). The fraction of sp³-hybridized carbons (Fsp3) is 0.100. The molecular formula is C20H17ClFN3O. The summed E-state index contributed by atoms with van der Waals surface area (Å²) in [6.45, 7) is 2.03. The van der Waals surface area contributed by atoms with Gasteiger partial charge in [-0.3, -0.25) is 9.78 Å². The minimum atomic E-state index is -0.349. The summed E-state index contributed by atoms with van der Waals surface area (Å²) in [5.41, 5.74) is 3.24. The van der Waals surface area contributed by atoms with Crippen molar-refractivity contribution in [2.45, 2.75) is 13.5 Å². The Morgan fingerprint density at radius 3 is 2.69 bits per heavy atom. The van der Waals surface area contributed by atoms with Crippen LogP contribution in [0, 0.1) is 12.7 Å². The zero-order valence-electron chi connectivity index (χ0n) is 14.1. The van der Waals surface area contributed by atoms with Crippen molar-refractivity contribution in [1.29, 1.82) is 0 Å². The van der Waals surface area contributed by atoms with E-state index in [4.69, 9.17) is 11.6 Å². The number of anilines is 2. The summed E-state index contributed by atoms with van der Waals surface area (Å²) in [6, 6.07) is 13.6. The van der Waals surface area contributed by atoms with Crippen molar-refractivity contribution in [2.24, 2.45) is 0 Å². The van der Waals surface area contributed by atoms with Gasteiger partial charge in [-0.25, -0.2) is 4.39 Å². The van der Waals surface area contributed by atoms with Crippen molar-refractivity contribution in [2.75, 3.05) is 5.32 Å². The van der Waals surface area contributed by atoms with E-state index in [0.717, 1.165) is 11.3 Å². The number of carbonyl (C=O) groups is 1. The third kappa shape index (κ3) is 4.37. The Bertz CT molecular complexity index is 946. The van der Waals surface area contributed by atoms with Gasteiger partial charge in [-0.2, -0.15) is 0 Å². The molecule has 26 heavy (non-hydrogen) atoms. The minimum Gasteiger partial charge on any atom is -0.354 e. The average molecular weight is 370 g/mol. The molecule has 0 atom stereocenters. The molecule has 4 nitrogen and oxygen atoms in total. The van der Waals surface area contributed by atoms with Crippen LogP contribution in [0.2, 0.25) is 5.02 Å². The minimum absolute atomic E-state index is 0.108. The molecule has 0 aliphatic rings. The molecule has 0 saturated carbocycles. The number of hydrogen-bond acceptors (Lipinski definition) is 3. The van der Waals surface area contributed by atoms with Gasteiger partial charge in [0, 0.05) is 29.0 Å². The number of aromatic nitrogens is 1. The van der Waals surface area contributed by atoms with Crippen LogP contribution in [0.3, 0.4) is 0 Å². The van der Waals surface area contributed by atoms with Gasteiger partial charge in [0.15, 0.2) is 0 Å². The Kier molecular flexibility index (Phi) is 5.49. The summed E-state index contributed by atoms with van der Waals surface area (Å²) < 4.78 is 13.6. The topological polar surface area (TPSA) is 54.0 Å². The zero-order chi connectivity index (χ0) is 18.5. The smallest absolute Gasteiger partial charge is 0.253 e. The molecule has 0 saturated heterocycles. The van der Waals surface area contributed by atoms with Crippen molar-refractivity contribution < 1.29 is 9.18 Å². The second kappa shape index (κ2) is 7.97. The average Bonchev–Trinajstić information content (AvgIpc) is 2.64. The molecule has 3 aromatic rings. The Morgan fingerprint density at radius 1 is 1.12 bits per heavy atom. The van der Waals surface area contributed by atoms with E-state index in [1.165, 1.54) is 12.3 Å². The third-order valence-corrected chi connectivity index (χ3v) is 4.27. The lowest BCUT2D eigenvalue weighted by molar-refractivity contribution is 0.0950.